The first kappa shape index (κ1) is 14.0. The Morgan fingerprint density at radius 3 is 2.00 bits per heavy atom. The number of hydrogen-bond donors (Lipinski definition) is 0. The van der Waals surface area contributed by atoms with Crippen LogP contribution < -0.4 is 0 Å². The molecule has 1 fully saturated rings. The van der Waals surface area contributed by atoms with Crippen LogP contribution in [-0.4, -0.2) is 34.9 Å². The van der Waals surface area contributed by atoms with E-state index in [9.17, 15) is 9.59 Å². The van der Waals surface area contributed by atoms with Gasteiger partial charge in [0.25, 0.3) is 11.8 Å². The van der Waals surface area contributed by atoms with Crippen LogP contribution in [0.4, 0.5) is 0 Å². The summed E-state index contributed by atoms with van der Waals surface area (Å²) in [6.07, 6.45) is 6.81. The third kappa shape index (κ3) is 4.02. The lowest BCUT2D eigenvalue weighted by molar-refractivity contribution is -0.146. The molecule has 1 heterocycles. The lowest BCUT2D eigenvalue weighted by atomic mass is 10.1. The van der Waals surface area contributed by atoms with Crippen LogP contribution in [0.2, 0.25) is 0 Å². The van der Waals surface area contributed by atoms with E-state index in [2.05, 4.69) is 6.92 Å². The molecular weight excluding hydrogens is 216 g/mol. The summed E-state index contributed by atoms with van der Waals surface area (Å²) >= 11 is 0. The summed E-state index contributed by atoms with van der Waals surface area (Å²) in [5, 5.41) is 3.28. The van der Waals surface area contributed by atoms with Crippen molar-refractivity contribution in [3.63, 3.8) is 0 Å². The molecule has 0 spiro atoms. The van der Waals surface area contributed by atoms with Crippen LogP contribution in [0.1, 0.15) is 58.8 Å². The van der Waals surface area contributed by atoms with Crippen molar-refractivity contribution >= 4 is 11.8 Å². The van der Waals surface area contributed by atoms with Gasteiger partial charge in [0.15, 0.2) is 0 Å². The van der Waals surface area contributed by atoms with Gasteiger partial charge in [-0.1, -0.05) is 39.5 Å². The monoisotopic (exact) mass is 240 g/mol. The molecule has 1 rings (SSSR count). The summed E-state index contributed by atoms with van der Waals surface area (Å²) in [5.41, 5.74) is 0. The van der Waals surface area contributed by atoms with Crippen molar-refractivity contribution in [3.8, 4) is 0 Å². The molecule has 0 unspecified atom stereocenters. The molecule has 0 aliphatic carbocycles. The lowest BCUT2D eigenvalue weighted by Crippen LogP contribution is -2.41. The van der Waals surface area contributed by atoms with Gasteiger partial charge in [-0.15, -0.1) is 0 Å². The minimum atomic E-state index is -0.0367. The first-order valence-electron chi connectivity index (χ1n) is 6.81. The van der Waals surface area contributed by atoms with Crippen molar-refractivity contribution in [3.05, 3.63) is 0 Å². The van der Waals surface area contributed by atoms with Crippen LogP contribution in [0.15, 0.2) is 0 Å². The molecule has 1 aliphatic heterocycles. The normalized spacial score (nSPS) is 16.1. The molecular formula is C13H24N2O2. The Hall–Kier alpha value is -1.06. The SMILES string of the molecule is CCCCCCCN1C(=O)CC(=O)N1CCC. The predicted molar refractivity (Wildman–Crippen MR) is 67.1 cm³/mol. The van der Waals surface area contributed by atoms with E-state index in [1.807, 2.05) is 6.92 Å². The fraction of sp³-hybridized carbons (Fsp3) is 0.846. The smallest absolute Gasteiger partial charge is 0.250 e. The van der Waals surface area contributed by atoms with Crippen LogP contribution in [0, 0.1) is 0 Å². The van der Waals surface area contributed by atoms with Gasteiger partial charge in [-0.25, -0.2) is 0 Å². The highest BCUT2D eigenvalue weighted by molar-refractivity contribution is 6.02. The van der Waals surface area contributed by atoms with Crippen LogP contribution in [0.5, 0.6) is 0 Å². The van der Waals surface area contributed by atoms with Gasteiger partial charge in [-0.2, -0.15) is 0 Å². The van der Waals surface area contributed by atoms with Gasteiger partial charge in [0, 0.05) is 13.1 Å². The number of amides is 2. The largest absolute Gasteiger partial charge is 0.272 e. The quantitative estimate of drug-likeness (QED) is 0.482. The Kier molecular flexibility index (Phi) is 6.01. The summed E-state index contributed by atoms with van der Waals surface area (Å²) in [4.78, 5) is 23.2. The van der Waals surface area contributed by atoms with Gasteiger partial charge in [0.1, 0.15) is 6.42 Å². The van der Waals surface area contributed by atoms with Gasteiger partial charge >= 0.3 is 0 Å². The molecule has 0 bridgehead atoms. The number of unbranched alkanes of at least 4 members (excludes halogenated alkanes) is 4. The Morgan fingerprint density at radius 1 is 0.824 bits per heavy atom. The van der Waals surface area contributed by atoms with E-state index in [0.717, 1.165) is 19.3 Å². The van der Waals surface area contributed by atoms with Gasteiger partial charge in [-0.05, 0) is 12.8 Å². The molecule has 1 saturated heterocycles. The highest BCUT2D eigenvalue weighted by atomic mass is 16.2. The zero-order valence-electron chi connectivity index (χ0n) is 11.1. The third-order valence-electron chi connectivity index (χ3n) is 3.08. The summed E-state index contributed by atoms with van der Waals surface area (Å²) in [7, 11) is 0. The van der Waals surface area contributed by atoms with E-state index in [-0.39, 0.29) is 18.2 Å². The molecule has 1 aliphatic rings. The fourth-order valence-corrected chi connectivity index (χ4v) is 2.15. The molecule has 0 radical (unpaired) electrons. The van der Waals surface area contributed by atoms with Gasteiger partial charge in [0.2, 0.25) is 0 Å². The zero-order valence-corrected chi connectivity index (χ0v) is 11.1. The van der Waals surface area contributed by atoms with Gasteiger partial charge < -0.3 is 0 Å². The minimum Gasteiger partial charge on any atom is -0.272 e. The van der Waals surface area contributed by atoms with Crippen molar-refractivity contribution in [1.82, 2.24) is 10.0 Å². The van der Waals surface area contributed by atoms with Crippen molar-refractivity contribution in [2.24, 2.45) is 0 Å². The average Bonchev–Trinajstić information content (AvgIpc) is 2.56. The molecule has 98 valence electrons. The molecule has 17 heavy (non-hydrogen) atoms. The zero-order chi connectivity index (χ0) is 12.7. The molecule has 0 aromatic carbocycles. The second-order valence-electron chi connectivity index (χ2n) is 4.62. The number of carbonyl (C=O) groups is 2. The first-order valence-corrected chi connectivity index (χ1v) is 6.81. The van der Waals surface area contributed by atoms with Crippen molar-refractivity contribution in [1.29, 1.82) is 0 Å². The number of hydrazine groups is 1. The molecule has 2 amide bonds. The molecule has 0 aromatic rings. The van der Waals surface area contributed by atoms with E-state index in [0.29, 0.717) is 13.1 Å². The Labute approximate surface area is 104 Å². The Morgan fingerprint density at radius 2 is 1.41 bits per heavy atom. The summed E-state index contributed by atoms with van der Waals surface area (Å²) in [6.45, 7) is 5.58. The van der Waals surface area contributed by atoms with Crippen molar-refractivity contribution < 1.29 is 9.59 Å². The predicted octanol–water partition coefficient (Wildman–Crippen LogP) is 2.34. The second-order valence-corrected chi connectivity index (χ2v) is 4.62. The van der Waals surface area contributed by atoms with Crippen molar-refractivity contribution in [2.45, 2.75) is 58.8 Å². The molecule has 4 heteroatoms. The van der Waals surface area contributed by atoms with Gasteiger partial charge in [-0.3, -0.25) is 19.6 Å². The number of carbonyl (C=O) groups excluding carboxylic acids is 2. The Bertz CT molecular complexity index is 266. The van der Waals surface area contributed by atoms with Crippen LogP contribution in [-0.2, 0) is 9.59 Å². The van der Waals surface area contributed by atoms with Crippen molar-refractivity contribution in [2.75, 3.05) is 13.1 Å². The standard InChI is InChI=1S/C13H24N2O2/c1-3-5-6-7-8-10-15-13(17)11-12(16)14(15)9-4-2/h3-11H2,1-2H3. The molecule has 0 aromatic heterocycles. The van der Waals surface area contributed by atoms with E-state index in [1.165, 1.54) is 19.3 Å². The van der Waals surface area contributed by atoms with Crippen LogP contribution in [0.3, 0.4) is 0 Å². The Balaban J connectivity index is 2.33. The number of hydrogen-bond acceptors (Lipinski definition) is 2. The number of nitrogens with zero attached hydrogens (tertiary/aromatic N) is 2. The van der Waals surface area contributed by atoms with E-state index >= 15 is 0 Å². The maximum Gasteiger partial charge on any atom is 0.250 e. The van der Waals surface area contributed by atoms with E-state index in [1.54, 1.807) is 10.0 Å². The summed E-state index contributed by atoms with van der Waals surface area (Å²) < 4.78 is 0. The highest BCUT2D eigenvalue weighted by Gasteiger charge is 2.34. The molecule has 0 N–H and O–H groups in total. The maximum absolute atomic E-state index is 11.7. The van der Waals surface area contributed by atoms with Crippen LogP contribution in [0.25, 0.3) is 0 Å². The van der Waals surface area contributed by atoms with Gasteiger partial charge in [0.05, 0.1) is 0 Å². The maximum atomic E-state index is 11.7. The van der Waals surface area contributed by atoms with Crippen LogP contribution >= 0.6 is 0 Å². The highest BCUT2D eigenvalue weighted by Crippen LogP contribution is 2.15. The van der Waals surface area contributed by atoms with E-state index < -0.39 is 0 Å². The summed E-state index contributed by atoms with van der Waals surface area (Å²) in [6, 6.07) is 0. The summed E-state index contributed by atoms with van der Waals surface area (Å²) in [5.74, 6) is -0.0654. The lowest BCUT2D eigenvalue weighted by Gasteiger charge is -2.27. The molecule has 0 saturated carbocycles. The molecule has 4 nitrogen and oxygen atoms in total. The number of rotatable bonds is 8. The minimum absolute atomic E-state index is 0.0288. The second kappa shape index (κ2) is 7.30. The molecule has 0 atom stereocenters. The average molecular weight is 240 g/mol. The first-order chi connectivity index (χ1) is 8.20. The fourth-order valence-electron chi connectivity index (χ4n) is 2.15. The van der Waals surface area contributed by atoms with E-state index in [4.69, 9.17) is 0 Å². The topological polar surface area (TPSA) is 40.6 Å². The third-order valence-corrected chi connectivity index (χ3v) is 3.08.